The number of amides is 2. The van der Waals surface area contributed by atoms with Gasteiger partial charge in [0.15, 0.2) is 0 Å². The highest BCUT2D eigenvalue weighted by atomic mass is 127. The molecule has 0 saturated carbocycles. The van der Waals surface area contributed by atoms with Crippen LogP contribution in [-0.2, 0) is 4.74 Å². The fourth-order valence-electron chi connectivity index (χ4n) is 2.47. The largest absolute Gasteiger partial charge is 0.444 e. The maximum atomic E-state index is 13.1. The lowest BCUT2D eigenvalue weighted by Crippen LogP contribution is -2.47. The summed E-state index contributed by atoms with van der Waals surface area (Å²) in [4.78, 5) is 26.0. The number of carbonyl (C=O) groups is 2. The average Bonchev–Trinajstić information content (AvgIpc) is 2.45. The van der Waals surface area contributed by atoms with E-state index in [4.69, 9.17) is 4.74 Å². The lowest BCUT2D eigenvalue weighted by molar-refractivity contribution is 0.0199. The van der Waals surface area contributed by atoms with Crippen LogP contribution in [0.2, 0.25) is 0 Å². The fourth-order valence-corrected chi connectivity index (χ4v) is 3.19. The van der Waals surface area contributed by atoms with Crippen molar-refractivity contribution in [2.75, 3.05) is 13.1 Å². The molecule has 1 fully saturated rings. The normalized spacial score (nSPS) is 16.0. The SMILES string of the molecule is CC(C)(C)OC(=O)N1CCC(NC(=O)c2ccc(F)cc2I)CC1. The van der Waals surface area contributed by atoms with Crippen LogP contribution in [-0.4, -0.2) is 41.6 Å². The van der Waals surface area contributed by atoms with Crippen LogP contribution in [0.1, 0.15) is 44.0 Å². The highest BCUT2D eigenvalue weighted by Crippen LogP contribution is 2.17. The molecule has 1 N–H and O–H groups in total. The number of hydrogen-bond donors (Lipinski definition) is 1. The van der Waals surface area contributed by atoms with E-state index in [0.717, 1.165) is 0 Å². The summed E-state index contributed by atoms with van der Waals surface area (Å²) < 4.78 is 19.1. The second-order valence-electron chi connectivity index (χ2n) is 6.84. The van der Waals surface area contributed by atoms with E-state index in [2.05, 4.69) is 5.32 Å². The van der Waals surface area contributed by atoms with Gasteiger partial charge in [-0.2, -0.15) is 0 Å². The first kappa shape index (κ1) is 19.0. The Kier molecular flexibility index (Phi) is 6.06. The van der Waals surface area contributed by atoms with Crippen LogP contribution in [0.5, 0.6) is 0 Å². The number of hydrogen-bond acceptors (Lipinski definition) is 3. The third kappa shape index (κ3) is 5.32. The van der Waals surface area contributed by atoms with Crippen molar-refractivity contribution in [2.45, 2.75) is 45.3 Å². The monoisotopic (exact) mass is 448 g/mol. The molecular weight excluding hydrogens is 426 g/mol. The van der Waals surface area contributed by atoms with Crippen molar-refractivity contribution in [1.82, 2.24) is 10.2 Å². The Balaban J connectivity index is 1.86. The summed E-state index contributed by atoms with van der Waals surface area (Å²) >= 11 is 1.95. The molecule has 1 aliphatic heterocycles. The number of carbonyl (C=O) groups excluding carboxylic acids is 2. The molecule has 0 bridgehead atoms. The highest BCUT2D eigenvalue weighted by Gasteiger charge is 2.27. The van der Waals surface area contributed by atoms with Crippen molar-refractivity contribution in [3.63, 3.8) is 0 Å². The van der Waals surface area contributed by atoms with Gasteiger partial charge in [-0.3, -0.25) is 4.79 Å². The molecule has 0 aromatic heterocycles. The molecule has 1 aliphatic rings. The van der Waals surface area contributed by atoms with E-state index < -0.39 is 5.60 Å². The maximum Gasteiger partial charge on any atom is 0.410 e. The summed E-state index contributed by atoms with van der Waals surface area (Å²) in [5, 5.41) is 2.96. The molecule has 24 heavy (non-hydrogen) atoms. The zero-order valence-corrected chi connectivity index (χ0v) is 16.2. The molecule has 2 rings (SSSR count). The molecule has 132 valence electrons. The van der Waals surface area contributed by atoms with E-state index in [-0.39, 0.29) is 23.9 Å². The van der Waals surface area contributed by atoms with Gasteiger partial charge in [-0.05, 0) is 74.4 Å². The molecule has 0 aliphatic carbocycles. The molecule has 0 unspecified atom stereocenters. The van der Waals surface area contributed by atoms with Crippen molar-refractivity contribution < 1.29 is 18.7 Å². The Morgan fingerprint density at radius 1 is 1.29 bits per heavy atom. The Labute approximate surface area is 155 Å². The Morgan fingerprint density at radius 2 is 1.92 bits per heavy atom. The first-order valence-electron chi connectivity index (χ1n) is 7.89. The van der Waals surface area contributed by atoms with Crippen molar-refractivity contribution >= 4 is 34.6 Å². The maximum absolute atomic E-state index is 13.1. The van der Waals surface area contributed by atoms with Crippen molar-refractivity contribution in [2.24, 2.45) is 0 Å². The van der Waals surface area contributed by atoms with Crippen LogP contribution in [0.25, 0.3) is 0 Å². The number of benzene rings is 1. The van der Waals surface area contributed by atoms with Crippen molar-refractivity contribution in [3.8, 4) is 0 Å². The van der Waals surface area contributed by atoms with Crippen LogP contribution < -0.4 is 5.32 Å². The third-order valence-corrected chi connectivity index (χ3v) is 4.55. The van der Waals surface area contributed by atoms with Gasteiger partial charge >= 0.3 is 6.09 Å². The van der Waals surface area contributed by atoms with E-state index >= 15 is 0 Å². The molecule has 1 saturated heterocycles. The van der Waals surface area contributed by atoms with Gasteiger partial charge in [0.05, 0.1) is 5.56 Å². The van der Waals surface area contributed by atoms with Crippen LogP contribution in [0.15, 0.2) is 18.2 Å². The van der Waals surface area contributed by atoms with Crippen LogP contribution in [0.4, 0.5) is 9.18 Å². The van der Waals surface area contributed by atoms with Gasteiger partial charge in [0.2, 0.25) is 0 Å². The van der Waals surface area contributed by atoms with Crippen molar-refractivity contribution in [1.29, 1.82) is 0 Å². The molecule has 5 nitrogen and oxygen atoms in total. The number of likely N-dealkylation sites (tertiary alicyclic amines) is 1. The van der Waals surface area contributed by atoms with Gasteiger partial charge in [0, 0.05) is 22.7 Å². The minimum absolute atomic E-state index is 0.00274. The number of halogens is 2. The van der Waals surface area contributed by atoms with Gasteiger partial charge in [0.25, 0.3) is 5.91 Å². The number of piperidine rings is 1. The van der Waals surface area contributed by atoms with Gasteiger partial charge in [-0.15, -0.1) is 0 Å². The van der Waals surface area contributed by atoms with Gasteiger partial charge in [0.1, 0.15) is 11.4 Å². The Bertz CT molecular complexity index is 623. The predicted octanol–water partition coefficient (Wildman–Crippen LogP) is 3.56. The topological polar surface area (TPSA) is 58.6 Å². The van der Waals surface area contributed by atoms with Crippen molar-refractivity contribution in [3.05, 3.63) is 33.1 Å². The van der Waals surface area contributed by atoms with Crippen LogP contribution in [0.3, 0.4) is 0 Å². The molecule has 0 spiro atoms. The first-order chi connectivity index (χ1) is 11.2. The molecule has 1 aromatic carbocycles. The van der Waals surface area contributed by atoms with E-state index in [1.807, 2.05) is 43.4 Å². The second-order valence-corrected chi connectivity index (χ2v) is 8.00. The summed E-state index contributed by atoms with van der Waals surface area (Å²) in [6.07, 6.45) is 1.02. The number of ether oxygens (including phenoxy) is 1. The second kappa shape index (κ2) is 7.67. The summed E-state index contributed by atoms with van der Waals surface area (Å²) in [5.74, 6) is -0.572. The summed E-state index contributed by atoms with van der Waals surface area (Å²) in [5.41, 5.74) is -0.0481. The fraction of sp³-hybridized carbons (Fsp3) is 0.529. The Morgan fingerprint density at radius 3 is 2.46 bits per heavy atom. The average molecular weight is 448 g/mol. The van der Waals surface area contributed by atoms with Gasteiger partial charge in [-0.25, -0.2) is 9.18 Å². The van der Waals surface area contributed by atoms with Crippen LogP contribution in [0, 0.1) is 9.39 Å². The van der Waals surface area contributed by atoms with Crippen LogP contribution >= 0.6 is 22.6 Å². The number of nitrogens with zero attached hydrogens (tertiary/aromatic N) is 1. The third-order valence-electron chi connectivity index (χ3n) is 3.66. The molecule has 1 aromatic rings. The smallest absolute Gasteiger partial charge is 0.410 e. The minimum atomic E-state index is -0.512. The molecule has 7 heteroatoms. The predicted molar refractivity (Wildman–Crippen MR) is 97.4 cm³/mol. The first-order valence-corrected chi connectivity index (χ1v) is 8.97. The molecule has 2 amide bonds. The minimum Gasteiger partial charge on any atom is -0.444 e. The summed E-state index contributed by atoms with van der Waals surface area (Å²) in [7, 11) is 0. The number of rotatable bonds is 2. The quantitative estimate of drug-likeness (QED) is 0.705. The summed E-state index contributed by atoms with van der Waals surface area (Å²) in [6.45, 7) is 6.59. The summed E-state index contributed by atoms with van der Waals surface area (Å²) in [6, 6.07) is 4.10. The lowest BCUT2D eigenvalue weighted by Gasteiger charge is -2.33. The molecular formula is C17H22FIN2O3. The lowest BCUT2D eigenvalue weighted by atomic mass is 10.0. The molecule has 0 atom stereocenters. The van der Waals surface area contributed by atoms with E-state index in [1.165, 1.54) is 18.2 Å². The number of nitrogens with one attached hydrogen (secondary N) is 1. The van der Waals surface area contributed by atoms with Gasteiger partial charge in [-0.1, -0.05) is 0 Å². The van der Waals surface area contributed by atoms with Gasteiger partial charge < -0.3 is 15.0 Å². The van der Waals surface area contributed by atoms with E-state index in [0.29, 0.717) is 35.1 Å². The zero-order chi connectivity index (χ0) is 17.9. The van der Waals surface area contributed by atoms with E-state index in [1.54, 1.807) is 4.90 Å². The van der Waals surface area contributed by atoms with E-state index in [9.17, 15) is 14.0 Å². The standard InChI is InChI=1S/C17H22FIN2O3/c1-17(2,3)24-16(23)21-8-6-12(7-9-21)20-15(22)13-5-4-11(18)10-14(13)19/h4-5,10,12H,6-9H2,1-3H3,(H,20,22). The Hall–Kier alpha value is -1.38. The molecule has 0 radical (unpaired) electrons. The highest BCUT2D eigenvalue weighted by molar-refractivity contribution is 14.1. The molecule has 1 heterocycles. The zero-order valence-electron chi connectivity index (χ0n) is 14.1.